The first kappa shape index (κ1) is 38.6. The third-order valence-electron chi connectivity index (χ3n) is 8.57. The Morgan fingerprint density at radius 1 is 1.08 bits per heavy atom. The molecule has 4 rings (SSSR count). The van der Waals surface area contributed by atoms with Gasteiger partial charge in [-0.25, -0.2) is 4.98 Å². The first-order chi connectivity index (χ1) is 23.9. The maximum atomic E-state index is 13.0. The fourth-order valence-corrected chi connectivity index (χ4v) is 6.71. The predicted octanol–water partition coefficient (Wildman–Crippen LogP) is 4.62. The summed E-state index contributed by atoms with van der Waals surface area (Å²) < 4.78 is 23.9. The van der Waals surface area contributed by atoms with E-state index in [2.05, 4.69) is 27.3 Å². The summed E-state index contributed by atoms with van der Waals surface area (Å²) >= 11 is 8.19. The molecule has 49 heavy (non-hydrogen) atoms. The number of hydrogen-bond donors (Lipinski definition) is 0. The van der Waals surface area contributed by atoms with Crippen LogP contribution >= 0.6 is 23.4 Å². The molecule has 3 aromatic rings. The number of aldehydes is 1. The molecule has 1 aromatic carbocycles. The summed E-state index contributed by atoms with van der Waals surface area (Å²) in [4.78, 5) is 39.1. The summed E-state index contributed by atoms with van der Waals surface area (Å²) in [7, 11) is 2.01. The summed E-state index contributed by atoms with van der Waals surface area (Å²) in [5, 5.41) is 0.655. The SMILES string of the molecule is C#CCOCCOCCOCCOCCC(=O)N1CCC(C=O)(c2ccncc2N(C)Cc2nc3cc(Cl)ccc3n2CCSCC)CC1. The number of rotatable bonds is 22. The molecular formula is C36H48ClN5O6S. The summed E-state index contributed by atoms with van der Waals surface area (Å²) in [5.41, 5.74) is 3.00. The van der Waals surface area contributed by atoms with Gasteiger partial charge in [0.05, 0.1) is 87.5 Å². The van der Waals surface area contributed by atoms with Crippen molar-refractivity contribution in [3.05, 3.63) is 53.1 Å². The number of pyridine rings is 1. The lowest BCUT2D eigenvalue weighted by atomic mass is 9.73. The fourth-order valence-electron chi connectivity index (χ4n) is 5.95. The van der Waals surface area contributed by atoms with Gasteiger partial charge in [0.25, 0.3) is 0 Å². The number of nitrogens with zero attached hydrogens (tertiary/aromatic N) is 5. The molecule has 0 saturated carbocycles. The second-order valence-corrected chi connectivity index (χ2v) is 13.6. The standard InChI is InChI=1S/C36H48ClN5O6S/c1-4-16-45-18-20-47-22-23-48-21-19-46-17-9-35(44)41-13-10-36(28-43,11-14-41)30-8-12-38-26-33(30)40(3)27-34-39-31-25-29(37)6-7-32(31)42(34)15-24-49-5-2/h1,6-8,12,25-26,28H,5,9-11,13-24,27H2,2-3H3. The highest BCUT2D eigenvalue weighted by atomic mass is 35.5. The quantitative estimate of drug-likeness (QED) is 0.0832. The average molecular weight is 714 g/mol. The molecule has 0 N–H and O–H groups in total. The monoisotopic (exact) mass is 713 g/mol. The first-order valence-electron chi connectivity index (χ1n) is 16.8. The highest BCUT2D eigenvalue weighted by Crippen LogP contribution is 2.39. The van der Waals surface area contributed by atoms with Gasteiger partial charge in [-0.05, 0) is 48.4 Å². The van der Waals surface area contributed by atoms with Crippen molar-refractivity contribution in [3.63, 3.8) is 0 Å². The van der Waals surface area contributed by atoms with Crippen LogP contribution in [-0.2, 0) is 47.0 Å². The Labute approximate surface area is 299 Å². The zero-order valence-corrected chi connectivity index (χ0v) is 30.2. The Bertz CT molecular complexity index is 1520. The molecule has 13 heteroatoms. The number of piperidine rings is 1. The van der Waals surface area contributed by atoms with Gasteiger partial charge in [0.15, 0.2) is 0 Å². The van der Waals surface area contributed by atoms with Gasteiger partial charge >= 0.3 is 0 Å². The Kier molecular flexibility index (Phi) is 16.1. The van der Waals surface area contributed by atoms with Gasteiger partial charge in [-0.15, -0.1) is 6.42 Å². The van der Waals surface area contributed by atoms with Gasteiger partial charge in [0, 0.05) is 43.7 Å². The predicted molar refractivity (Wildman–Crippen MR) is 194 cm³/mol. The number of imidazole rings is 1. The van der Waals surface area contributed by atoms with Crippen LogP contribution in [0.3, 0.4) is 0 Å². The Balaban J connectivity index is 1.27. The first-order valence-corrected chi connectivity index (χ1v) is 18.3. The van der Waals surface area contributed by atoms with E-state index in [-0.39, 0.29) is 18.9 Å². The second kappa shape index (κ2) is 20.5. The number of aryl methyl sites for hydroxylation is 1. The second-order valence-electron chi connectivity index (χ2n) is 11.8. The van der Waals surface area contributed by atoms with Crippen molar-refractivity contribution in [1.29, 1.82) is 0 Å². The van der Waals surface area contributed by atoms with Crippen LogP contribution in [0.15, 0.2) is 36.7 Å². The minimum atomic E-state index is -0.721. The zero-order chi connectivity index (χ0) is 34.9. The largest absolute Gasteiger partial charge is 0.379 e. The number of fused-ring (bicyclic) bond motifs is 1. The highest BCUT2D eigenvalue weighted by molar-refractivity contribution is 7.99. The van der Waals surface area contributed by atoms with E-state index in [0.29, 0.717) is 83.7 Å². The van der Waals surface area contributed by atoms with Crippen LogP contribution in [0.2, 0.25) is 5.02 Å². The molecular weight excluding hydrogens is 666 g/mol. The maximum absolute atomic E-state index is 13.0. The number of anilines is 1. The van der Waals surface area contributed by atoms with Crippen molar-refractivity contribution >= 4 is 52.3 Å². The summed E-state index contributed by atoms with van der Waals surface area (Å²) in [5.74, 6) is 5.38. The molecule has 1 saturated heterocycles. The number of hydrogen-bond acceptors (Lipinski definition) is 10. The molecule has 0 radical (unpaired) electrons. The van der Waals surface area contributed by atoms with Crippen LogP contribution in [0.1, 0.15) is 37.6 Å². The molecule has 1 aliphatic rings. The number of terminal acetylenes is 1. The van der Waals surface area contributed by atoms with Gasteiger partial charge in [-0.3, -0.25) is 9.78 Å². The van der Waals surface area contributed by atoms with Crippen molar-refractivity contribution in [2.24, 2.45) is 0 Å². The molecule has 0 bridgehead atoms. The molecule has 2 aromatic heterocycles. The lowest BCUT2D eigenvalue weighted by Crippen LogP contribution is -2.46. The Hall–Kier alpha value is -3.18. The van der Waals surface area contributed by atoms with Crippen LogP contribution in [-0.4, -0.2) is 116 Å². The number of benzene rings is 1. The van der Waals surface area contributed by atoms with Crippen molar-refractivity contribution in [1.82, 2.24) is 19.4 Å². The van der Waals surface area contributed by atoms with Crippen molar-refractivity contribution < 1.29 is 28.5 Å². The van der Waals surface area contributed by atoms with E-state index >= 15 is 0 Å². The normalized spacial score (nSPS) is 14.2. The van der Waals surface area contributed by atoms with Gasteiger partial charge < -0.3 is 38.1 Å². The molecule has 0 atom stereocenters. The molecule has 0 unspecified atom stereocenters. The third kappa shape index (κ3) is 11.2. The van der Waals surface area contributed by atoms with Gasteiger partial charge in [-0.1, -0.05) is 24.4 Å². The van der Waals surface area contributed by atoms with Crippen molar-refractivity contribution in [2.75, 3.05) is 89.4 Å². The summed E-state index contributed by atoms with van der Waals surface area (Å²) in [6, 6.07) is 7.77. The number of aromatic nitrogens is 3. The van der Waals surface area contributed by atoms with Crippen LogP contribution in [0.25, 0.3) is 11.0 Å². The molecule has 3 heterocycles. The topological polar surface area (TPSA) is 108 Å². The van der Waals surface area contributed by atoms with Gasteiger partial charge in [-0.2, -0.15) is 11.8 Å². The number of halogens is 1. The highest BCUT2D eigenvalue weighted by Gasteiger charge is 2.39. The molecule has 1 fully saturated rings. The summed E-state index contributed by atoms with van der Waals surface area (Å²) in [6.07, 6.45) is 11.1. The fraction of sp³-hybridized carbons (Fsp3) is 0.556. The molecule has 1 amide bonds. The van der Waals surface area contributed by atoms with E-state index in [0.717, 1.165) is 52.4 Å². The third-order valence-corrected chi connectivity index (χ3v) is 9.69. The van der Waals surface area contributed by atoms with Gasteiger partial charge in [0.1, 0.15) is 18.7 Å². The Morgan fingerprint density at radius 3 is 2.45 bits per heavy atom. The van der Waals surface area contributed by atoms with Gasteiger partial charge in [0.2, 0.25) is 5.91 Å². The molecule has 0 aliphatic carbocycles. The number of likely N-dealkylation sites (tertiary alicyclic amines) is 1. The summed E-state index contributed by atoms with van der Waals surface area (Å²) in [6.45, 7) is 7.76. The lowest BCUT2D eigenvalue weighted by molar-refractivity contribution is -0.135. The molecule has 0 spiro atoms. The smallest absolute Gasteiger partial charge is 0.224 e. The van der Waals surface area contributed by atoms with Crippen LogP contribution < -0.4 is 4.90 Å². The van der Waals surface area contributed by atoms with E-state index in [1.165, 1.54) is 0 Å². The van der Waals surface area contributed by atoms with E-state index in [1.54, 1.807) is 6.20 Å². The minimum Gasteiger partial charge on any atom is -0.379 e. The lowest BCUT2D eigenvalue weighted by Gasteiger charge is -2.40. The number of thioether (sulfide) groups is 1. The maximum Gasteiger partial charge on any atom is 0.224 e. The van der Waals surface area contributed by atoms with Crippen molar-refractivity contribution in [3.8, 4) is 12.3 Å². The zero-order valence-electron chi connectivity index (χ0n) is 28.6. The van der Waals surface area contributed by atoms with E-state index in [4.69, 9.17) is 42.0 Å². The van der Waals surface area contributed by atoms with Crippen LogP contribution in [0, 0.1) is 12.3 Å². The molecule has 1 aliphatic heterocycles. The number of carbonyl (C=O) groups excluding carboxylic acids is 2. The molecule has 266 valence electrons. The minimum absolute atomic E-state index is 0.0215. The average Bonchev–Trinajstić information content (AvgIpc) is 3.45. The number of amides is 1. The van der Waals surface area contributed by atoms with E-state index in [1.807, 2.05) is 54.2 Å². The van der Waals surface area contributed by atoms with E-state index < -0.39 is 5.41 Å². The van der Waals surface area contributed by atoms with E-state index in [9.17, 15) is 9.59 Å². The van der Waals surface area contributed by atoms with Crippen LogP contribution in [0.5, 0.6) is 0 Å². The number of ether oxygens (including phenoxy) is 4. The number of carbonyl (C=O) groups is 2. The van der Waals surface area contributed by atoms with Crippen molar-refractivity contribution in [2.45, 2.75) is 44.7 Å². The Morgan fingerprint density at radius 2 is 1.78 bits per heavy atom. The molecule has 11 nitrogen and oxygen atoms in total. The van der Waals surface area contributed by atoms with Crippen LogP contribution in [0.4, 0.5) is 5.69 Å².